The van der Waals surface area contributed by atoms with Crippen LogP contribution >= 0.6 is 0 Å². The monoisotopic (exact) mass is 611 g/mol. The van der Waals surface area contributed by atoms with E-state index in [2.05, 4.69) is 14.9 Å². The molecule has 4 heterocycles. The van der Waals surface area contributed by atoms with Gasteiger partial charge in [0.2, 0.25) is 5.43 Å². The molecule has 9 nitrogen and oxygen atoms in total. The van der Waals surface area contributed by atoms with Gasteiger partial charge >= 0.3 is 0 Å². The summed E-state index contributed by atoms with van der Waals surface area (Å²) in [6, 6.07) is 13.6. The smallest absolute Gasteiger partial charge is 0.203 e. The summed E-state index contributed by atoms with van der Waals surface area (Å²) >= 11 is 0. The Kier molecular flexibility index (Phi) is 7.00. The number of aromatic nitrogens is 4. The highest BCUT2D eigenvalue weighted by Gasteiger charge is 2.28. The van der Waals surface area contributed by atoms with Gasteiger partial charge in [0.05, 0.1) is 16.6 Å². The molecule has 228 valence electrons. The second-order valence-corrected chi connectivity index (χ2v) is 11.2. The molecule has 1 aliphatic rings. The van der Waals surface area contributed by atoms with Crippen molar-refractivity contribution in [3.8, 4) is 22.4 Å². The molecule has 0 bridgehead atoms. The molecule has 2 N–H and O–H groups in total. The van der Waals surface area contributed by atoms with Crippen LogP contribution in [0.5, 0.6) is 0 Å². The van der Waals surface area contributed by atoms with E-state index in [4.69, 9.17) is 15.2 Å². The van der Waals surface area contributed by atoms with Gasteiger partial charge in [0.15, 0.2) is 5.65 Å². The lowest BCUT2D eigenvalue weighted by Gasteiger charge is -2.34. The minimum absolute atomic E-state index is 0.0191. The number of piperazine rings is 1. The van der Waals surface area contributed by atoms with Crippen LogP contribution in [0.15, 0.2) is 76.2 Å². The first kappa shape index (κ1) is 28.5. The van der Waals surface area contributed by atoms with Crippen molar-refractivity contribution in [3.63, 3.8) is 0 Å². The van der Waals surface area contributed by atoms with Gasteiger partial charge in [-0.15, -0.1) is 0 Å². The molecule has 1 aliphatic heterocycles. The van der Waals surface area contributed by atoms with Crippen LogP contribution in [-0.2, 0) is 0 Å². The summed E-state index contributed by atoms with van der Waals surface area (Å²) in [6.45, 7) is 4.79. The first-order chi connectivity index (χ1) is 21.7. The Balaban J connectivity index is 1.40. The second kappa shape index (κ2) is 11.0. The van der Waals surface area contributed by atoms with Crippen molar-refractivity contribution in [1.29, 1.82) is 0 Å². The zero-order chi connectivity index (χ0) is 31.4. The molecule has 1 fully saturated rings. The van der Waals surface area contributed by atoms with Gasteiger partial charge in [-0.25, -0.2) is 27.8 Å². The number of hydrogen-bond acceptors (Lipinski definition) is 8. The van der Waals surface area contributed by atoms with Gasteiger partial charge < -0.3 is 20.0 Å². The van der Waals surface area contributed by atoms with E-state index in [1.807, 2.05) is 11.9 Å². The predicted molar refractivity (Wildman–Crippen MR) is 166 cm³/mol. The molecule has 0 radical (unpaired) electrons. The lowest BCUT2D eigenvalue weighted by atomic mass is 9.99. The van der Waals surface area contributed by atoms with Gasteiger partial charge in [-0.2, -0.15) is 5.10 Å². The average Bonchev–Trinajstić information content (AvgIpc) is 3.42. The van der Waals surface area contributed by atoms with Crippen LogP contribution in [-0.4, -0.2) is 57.9 Å². The van der Waals surface area contributed by atoms with Crippen LogP contribution in [0.1, 0.15) is 18.7 Å². The summed E-state index contributed by atoms with van der Waals surface area (Å²) in [5.41, 5.74) is 7.48. The number of rotatable bonds is 5. The minimum Gasteiger partial charge on any atom is -0.458 e. The molecule has 6 aromatic rings. The lowest BCUT2D eigenvalue weighted by molar-refractivity contribution is 0.311. The quantitative estimate of drug-likeness (QED) is 0.268. The fourth-order valence-electron chi connectivity index (χ4n) is 5.96. The third kappa shape index (κ3) is 4.87. The number of likely N-dealkylation sites (N-methyl/N-ethyl adjacent to an activating group) is 1. The standard InChI is InChI=1S/C33H28F3N7O2/c1-18(31-26(19-5-3-6-21(34)15-19)30(44)27-22(35)7-4-8-25(27)45-31)43-33-28(32(37)38-17-39-33)29(40-43)20-9-10-24(23(36)16-20)42-13-11-41(2)12-14-42/h3-10,15-18H,11-14H2,1-2H3,(H2,37,38,39). The van der Waals surface area contributed by atoms with Crippen molar-refractivity contribution in [2.75, 3.05) is 43.9 Å². The van der Waals surface area contributed by atoms with Crippen molar-refractivity contribution in [2.24, 2.45) is 0 Å². The fourth-order valence-corrected chi connectivity index (χ4v) is 5.96. The average molecular weight is 612 g/mol. The third-order valence-corrected chi connectivity index (χ3v) is 8.34. The molecule has 0 saturated carbocycles. The number of nitrogens with two attached hydrogens (primary N) is 1. The summed E-state index contributed by atoms with van der Waals surface area (Å²) in [5, 5.41) is 4.94. The summed E-state index contributed by atoms with van der Waals surface area (Å²) in [6.07, 6.45) is 1.28. The molecule has 3 aromatic heterocycles. The molecule has 0 spiro atoms. The zero-order valence-corrected chi connectivity index (χ0v) is 24.5. The van der Waals surface area contributed by atoms with E-state index in [1.165, 1.54) is 53.5 Å². The summed E-state index contributed by atoms with van der Waals surface area (Å²) in [4.78, 5) is 26.6. The highest BCUT2D eigenvalue weighted by Crippen LogP contribution is 2.37. The van der Waals surface area contributed by atoms with E-state index in [9.17, 15) is 13.6 Å². The number of halogens is 3. The molecule has 1 unspecified atom stereocenters. The largest absolute Gasteiger partial charge is 0.458 e. The topological polar surface area (TPSA) is 106 Å². The molecule has 0 amide bonds. The van der Waals surface area contributed by atoms with E-state index < -0.39 is 28.9 Å². The van der Waals surface area contributed by atoms with Crippen LogP contribution in [0.3, 0.4) is 0 Å². The summed E-state index contributed by atoms with van der Waals surface area (Å²) < 4.78 is 52.6. The Morgan fingerprint density at radius 2 is 1.67 bits per heavy atom. The van der Waals surface area contributed by atoms with Gasteiger partial charge in [0.25, 0.3) is 0 Å². The van der Waals surface area contributed by atoms with Crippen molar-refractivity contribution in [1.82, 2.24) is 24.6 Å². The molecule has 1 saturated heterocycles. The molecular formula is C33H28F3N7O2. The summed E-state index contributed by atoms with van der Waals surface area (Å²) in [7, 11) is 2.04. The number of anilines is 2. The SMILES string of the molecule is CC(c1oc2cccc(F)c2c(=O)c1-c1cccc(F)c1)n1nc(-c2ccc(N3CCN(C)CC3)c(F)c2)c2c(N)ncnc21. The molecule has 0 aliphatic carbocycles. The van der Waals surface area contributed by atoms with Crippen molar-refractivity contribution in [3.05, 3.63) is 100 Å². The fraction of sp³-hybridized carbons (Fsp3) is 0.212. The number of hydrogen-bond donors (Lipinski definition) is 1. The van der Waals surface area contributed by atoms with E-state index in [1.54, 1.807) is 25.1 Å². The lowest BCUT2D eigenvalue weighted by Crippen LogP contribution is -2.44. The van der Waals surface area contributed by atoms with Gasteiger partial charge in [-0.1, -0.05) is 24.3 Å². The van der Waals surface area contributed by atoms with Gasteiger partial charge in [0, 0.05) is 31.7 Å². The number of nitrogen functional groups attached to an aromatic ring is 1. The Morgan fingerprint density at radius 1 is 0.889 bits per heavy atom. The van der Waals surface area contributed by atoms with Crippen LogP contribution in [0.2, 0.25) is 0 Å². The Labute approximate surface area is 255 Å². The summed E-state index contributed by atoms with van der Waals surface area (Å²) in [5.74, 6) is -1.50. The molecule has 12 heteroatoms. The van der Waals surface area contributed by atoms with Crippen molar-refractivity contribution >= 4 is 33.5 Å². The first-order valence-corrected chi connectivity index (χ1v) is 14.4. The van der Waals surface area contributed by atoms with E-state index in [0.717, 1.165) is 13.1 Å². The number of nitrogens with zero attached hydrogens (tertiary/aromatic N) is 6. The van der Waals surface area contributed by atoms with Crippen molar-refractivity contribution < 1.29 is 17.6 Å². The molecule has 45 heavy (non-hydrogen) atoms. The normalized spacial score (nSPS) is 14.8. The van der Waals surface area contributed by atoms with Gasteiger partial charge in [-0.3, -0.25) is 4.79 Å². The second-order valence-electron chi connectivity index (χ2n) is 11.2. The first-order valence-electron chi connectivity index (χ1n) is 14.4. The highest BCUT2D eigenvalue weighted by molar-refractivity contribution is 5.98. The Morgan fingerprint density at radius 3 is 2.42 bits per heavy atom. The van der Waals surface area contributed by atoms with Gasteiger partial charge in [-0.05, 0) is 55.9 Å². The van der Waals surface area contributed by atoms with Crippen LogP contribution in [0, 0.1) is 17.5 Å². The number of benzene rings is 3. The van der Waals surface area contributed by atoms with Gasteiger partial charge in [0.1, 0.15) is 58.1 Å². The Hall–Kier alpha value is -5.23. The van der Waals surface area contributed by atoms with Crippen LogP contribution < -0.4 is 16.1 Å². The zero-order valence-electron chi connectivity index (χ0n) is 24.5. The van der Waals surface area contributed by atoms with Crippen LogP contribution in [0.4, 0.5) is 24.7 Å². The molecule has 3 aromatic carbocycles. The molecule has 1 atom stereocenters. The number of fused-ring (bicyclic) bond motifs is 2. The van der Waals surface area contributed by atoms with Crippen LogP contribution in [0.25, 0.3) is 44.4 Å². The molecular weight excluding hydrogens is 583 g/mol. The van der Waals surface area contributed by atoms with E-state index >= 15 is 4.39 Å². The van der Waals surface area contributed by atoms with E-state index in [-0.39, 0.29) is 33.7 Å². The maximum Gasteiger partial charge on any atom is 0.203 e. The maximum absolute atomic E-state index is 15.6. The molecule has 7 rings (SSSR count). The van der Waals surface area contributed by atoms with Crippen molar-refractivity contribution in [2.45, 2.75) is 13.0 Å². The predicted octanol–water partition coefficient (Wildman–Crippen LogP) is 5.63. The Bertz CT molecular complexity index is 2160. The minimum atomic E-state index is -0.830. The van der Waals surface area contributed by atoms with E-state index in [0.29, 0.717) is 41.1 Å². The third-order valence-electron chi connectivity index (χ3n) is 8.34. The highest BCUT2D eigenvalue weighted by atomic mass is 19.1. The maximum atomic E-state index is 15.6.